The van der Waals surface area contributed by atoms with Crippen LogP contribution >= 0.6 is 11.6 Å². The second-order valence-corrected chi connectivity index (χ2v) is 6.01. The fourth-order valence-corrected chi connectivity index (χ4v) is 3.01. The van der Waals surface area contributed by atoms with Gasteiger partial charge in [0.1, 0.15) is 5.60 Å². The number of aromatic nitrogens is 2. The Hall–Kier alpha value is -1.85. The third-order valence-electron chi connectivity index (χ3n) is 3.73. The largest absolute Gasteiger partial charge is 0.453 e. The molecule has 0 radical (unpaired) electrons. The minimum absolute atomic E-state index is 0.135. The first-order valence-corrected chi connectivity index (χ1v) is 6.96. The number of halogens is 1. The van der Waals surface area contributed by atoms with E-state index >= 15 is 0 Å². The van der Waals surface area contributed by atoms with Gasteiger partial charge in [-0.3, -0.25) is 0 Å². The van der Waals surface area contributed by atoms with Gasteiger partial charge in [0.15, 0.2) is 0 Å². The first-order chi connectivity index (χ1) is 9.94. The number of cyclic esters (lactones) is 1. The number of ether oxygens (including phenoxy) is 1. The Morgan fingerprint density at radius 1 is 1.48 bits per heavy atom. The van der Waals surface area contributed by atoms with Gasteiger partial charge in [-0.15, -0.1) is 0 Å². The molecule has 1 aliphatic heterocycles. The van der Waals surface area contributed by atoms with Crippen molar-refractivity contribution in [2.24, 2.45) is 0 Å². The van der Waals surface area contributed by atoms with Crippen molar-refractivity contribution in [1.29, 1.82) is 0 Å². The molecule has 3 rings (SSSR count). The predicted octanol–water partition coefficient (Wildman–Crippen LogP) is 2.57. The van der Waals surface area contributed by atoms with Crippen molar-refractivity contribution in [2.75, 3.05) is 0 Å². The monoisotopic (exact) mass is 306 g/mol. The highest BCUT2D eigenvalue weighted by molar-refractivity contribution is 6.31. The van der Waals surface area contributed by atoms with E-state index in [-0.39, 0.29) is 18.6 Å². The van der Waals surface area contributed by atoms with Gasteiger partial charge in [-0.25, -0.2) is 9.78 Å². The van der Waals surface area contributed by atoms with E-state index in [0.717, 1.165) is 5.56 Å². The fourth-order valence-electron chi connectivity index (χ4n) is 2.84. The molecule has 1 aromatic heterocycles. The number of aliphatic hydroxyl groups is 1. The summed E-state index contributed by atoms with van der Waals surface area (Å²) in [7, 11) is 0. The average Bonchev–Trinajstić information content (AvgIpc) is 2.86. The molecule has 0 amide bonds. The summed E-state index contributed by atoms with van der Waals surface area (Å²) in [6, 6.07) is 4.91. The van der Waals surface area contributed by atoms with Gasteiger partial charge in [0.25, 0.3) is 0 Å². The highest BCUT2D eigenvalue weighted by atomic mass is 35.5. The lowest BCUT2D eigenvalue weighted by Gasteiger charge is -2.40. The molecule has 0 spiro atoms. The number of nitrogens with zero attached hydrogens (tertiary/aromatic N) is 2. The van der Waals surface area contributed by atoms with Gasteiger partial charge in [-0.1, -0.05) is 17.7 Å². The fraction of sp³-hybridized carbons (Fsp3) is 0.333. The van der Waals surface area contributed by atoms with Gasteiger partial charge < -0.3 is 14.4 Å². The van der Waals surface area contributed by atoms with Gasteiger partial charge in [0.2, 0.25) is 0 Å². The molecule has 1 N–H and O–H groups in total. The summed E-state index contributed by atoms with van der Waals surface area (Å²) in [6.45, 7) is 3.55. The zero-order valence-corrected chi connectivity index (χ0v) is 12.5. The quantitative estimate of drug-likeness (QED) is 0.866. The Morgan fingerprint density at radius 3 is 2.95 bits per heavy atom. The normalized spacial score (nSPS) is 20.0. The summed E-state index contributed by atoms with van der Waals surface area (Å²) in [5, 5.41) is 9.95. The number of benzene rings is 1. The number of carbonyl (C=O) groups excluding carboxylic acids is 1. The first-order valence-electron chi connectivity index (χ1n) is 6.58. The topological polar surface area (TPSA) is 64.4 Å². The summed E-state index contributed by atoms with van der Waals surface area (Å²) in [6.07, 6.45) is 3.23. The molecule has 0 bridgehead atoms. The number of carbonyl (C=O) groups is 1. The van der Waals surface area contributed by atoms with Crippen LogP contribution in [0.5, 0.6) is 0 Å². The number of fused-ring (bicyclic) bond motifs is 1. The lowest BCUT2D eigenvalue weighted by Crippen LogP contribution is -2.44. The maximum atomic E-state index is 12.2. The van der Waals surface area contributed by atoms with E-state index in [9.17, 15) is 9.90 Å². The van der Waals surface area contributed by atoms with Gasteiger partial charge >= 0.3 is 5.97 Å². The molecule has 6 heteroatoms. The van der Waals surface area contributed by atoms with Crippen LogP contribution in [0.3, 0.4) is 0 Å². The van der Waals surface area contributed by atoms with Crippen LogP contribution in [0.25, 0.3) is 0 Å². The maximum absolute atomic E-state index is 12.2. The number of hydrogen-bond donors (Lipinski definition) is 1. The van der Waals surface area contributed by atoms with Crippen LogP contribution in [0.4, 0.5) is 0 Å². The van der Waals surface area contributed by atoms with Gasteiger partial charge in [-0.2, -0.15) is 0 Å². The second-order valence-electron chi connectivity index (χ2n) is 5.58. The smallest absolute Gasteiger partial charge is 0.339 e. The van der Waals surface area contributed by atoms with E-state index in [2.05, 4.69) is 4.98 Å². The summed E-state index contributed by atoms with van der Waals surface area (Å²) >= 11 is 5.98. The van der Waals surface area contributed by atoms with E-state index in [4.69, 9.17) is 16.3 Å². The minimum Gasteiger partial charge on any atom is -0.453 e. The molecule has 0 aliphatic carbocycles. The molecular weight excluding hydrogens is 292 g/mol. The number of rotatable bonds is 2. The molecule has 21 heavy (non-hydrogen) atoms. The second kappa shape index (κ2) is 4.86. The van der Waals surface area contributed by atoms with E-state index in [1.165, 1.54) is 0 Å². The van der Waals surface area contributed by atoms with Crippen molar-refractivity contribution < 1.29 is 14.6 Å². The Kier molecular flexibility index (Phi) is 3.26. The highest BCUT2D eigenvalue weighted by Gasteiger charge is 2.43. The lowest BCUT2D eigenvalue weighted by atomic mass is 9.85. The van der Waals surface area contributed by atoms with Crippen molar-refractivity contribution in [3.8, 4) is 0 Å². The van der Waals surface area contributed by atoms with Crippen LogP contribution < -0.4 is 0 Å². The predicted molar refractivity (Wildman–Crippen MR) is 77.2 cm³/mol. The van der Waals surface area contributed by atoms with Gasteiger partial charge in [-0.05, 0) is 31.5 Å². The van der Waals surface area contributed by atoms with Crippen LogP contribution in [0.1, 0.15) is 41.5 Å². The number of imidazole rings is 1. The first kappa shape index (κ1) is 14.1. The Morgan fingerprint density at radius 2 is 2.24 bits per heavy atom. The molecule has 2 heterocycles. The SMILES string of the molecule is CC1(C)OC(=O)c2cc(Cl)ccc2C1n1cncc1CO. The molecular formula is C15H15ClN2O3. The molecule has 1 aliphatic rings. The van der Waals surface area contributed by atoms with Crippen molar-refractivity contribution in [3.63, 3.8) is 0 Å². The molecule has 110 valence electrons. The Bertz CT molecular complexity index is 709. The summed E-state index contributed by atoms with van der Waals surface area (Å²) in [4.78, 5) is 16.2. The summed E-state index contributed by atoms with van der Waals surface area (Å²) in [5.41, 5.74) is 1.16. The van der Waals surface area contributed by atoms with E-state index in [1.807, 2.05) is 24.5 Å². The van der Waals surface area contributed by atoms with E-state index in [1.54, 1.807) is 24.7 Å². The molecule has 0 saturated heterocycles. The lowest BCUT2D eigenvalue weighted by molar-refractivity contribution is -0.0269. The number of hydrogen-bond acceptors (Lipinski definition) is 4. The van der Waals surface area contributed by atoms with Crippen LogP contribution in [0.15, 0.2) is 30.7 Å². The molecule has 0 saturated carbocycles. The van der Waals surface area contributed by atoms with Crippen molar-refractivity contribution >= 4 is 17.6 Å². The number of aliphatic hydroxyl groups excluding tert-OH is 1. The Balaban J connectivity index is 2.23. The summed E-state index contributed by atoms with van der Waals surface area (Å²) < 4.78 is 7.40. The maximum Gasteiger partial charge on any atom is 0.339 e. The Labute approximate surface area is 127 Å². The third kappa shape index (κ3) is 2.22. The zero-order valence-electron chi connectivity index (χ0n) is 11.7. The average molecular weight is 307 g/mol. The van der Waals surface area contributed by atoms with Crippen molar-refractivity contribution in [3.05, 3.63) is 52.6 Å². The van der Waals surface area contributed by atoms with Crippen LogP contribution in [-0.2, 0) is 11.3 Å². The highest BCUT2D eigenvalue weighted by Crippen LogP contribution is 2.41. The van der Waals surface area contributed by atoms with E-state index < -0.39 is 5.60 Å². The molecule has 1 aromatic carbocycles. The minimum atomic E-state index is -0.761. The van der Waals surface area contributed by atoms with Crippen molar-refractivity contribution in [2.45, 2.75) is 32.1 Å². The van der Waals surface area contributed by atoms with E-state index in [0.29, 0.717) is 16.3 Å². The molecule has 1 unspecified atom stereocenters. The molecule has 0 fully saturated rings. The summed E-state index contributed by atoms with van der Waals surface area (Å²) in [5.74, 6) is -0.389. The third-order valence-corrected chi connectivity index (χ3v) is 3.97. The van der Waals surface area contributed by atoms with Crippen LogP contribution in [0, 0.1) is 0 Å². The van der Waals surface area contributed by atoms with Gasteiger partial charge in [0, 0.05) is 5.02 Å². The number of esters is 1. The molecule has 5 nitrogen and oxygen atoms in total. The van der Waals surface area contributed by atoms with Crippen molar-refractivity contribution in [1.82, 2.24) is 9.55 Å². The molecule has 1 atom stereocenters. The molecule has 2 aromatic rings. The van der Waals surface area contributed by atoms with Crippen LogP contribution in [0.2, 0.25) is 5.02 Å². The standard InChI is InChI=1S/C15H15ClN2O3/c1-15(2)13(18-8-17-6-10(18)7-19)11-4-3-9(16)5-12(11)14(20)21-15/h3-6,8,13,19H,7H2,1-2H3. The zero-order chi connectivity index (χ0) is 15.2. The van der Waals surface area contributed by atoms with Crippen LogP contribution in [-0.4, -0.2) is 26.2 Å². The van der Waals surface area contributed by atoms with Gasteiger partial charge in [0.05, 0.1) is 36.4 Å².